The normalized spacial score (nSPS) is 33.4. The maximum Gasteiger partial charge on any atom is 0.248 e. The van der Waals surface area contributed by atoms with E-state index < -0.39 is 35.6 Å². The average molecular weight is 540 g/mol. The molecule has 3 amide bonds. The highest BCUT2D eigenvalue weighted by molar-refractivity contribution is 9.09. The van der Waals surface area contributed by atoms with E-state index in [0.29, 0.717) is 19.5 Å². The van der Waals surface area contributed by atoms with Crippen molar-refractivity contribution >= 4 is 33.7 Å². The lowest BCUT2D eigenvalue weighted by Crippen LogP contribution is -2.59. The van der Waals surface area contributed by atoms with Crippen LogP contribution in [0.25, 0.3) is 0 Å². The number of nitrogens with zero attached hydrogens (tertiary/aromatic N) is 3. The minimum absolute atomic E-state index is 0.0538. The SMILES string of the molecule is C=CCN(C)C(=O)[C@H]1[C@H]2C(=O)N([C@H](C)CO)C(C(=O)N(CC=C)C(C)CCC)C23CC(Br)[C@@H]1O3. The number of rotatable bonds is 11. The highest BCUT2D eigenvalue weighted by atomic mass is 79.9. The molecular formula is C25H38BrN3O5. The zero-order valence-electron chi connectivity index (χ0n) is 20.7. The molecule has 0 radical (unpaired) electrons. The summed E-state index contributed by atoms with van der Waals surface area (Å²) in [6, 6.07) is -1.56. The van der Waals surface area contributed by atoms with Crippen LogP contribution in [0.5, 0.6) is 0 Å². The molecule has 8 nitrogen and oxygen atoms in total. The number of halogens is 1. The molecule has 0 aromatic carbocycles. The standard InChI is InChI=1S/C25H38BrN3O5/c1-7-10-15(4)28(12-9-3)24(33)21-25-13-17(26)20(34-25)18(22(31)27(6)11-8-2)19(25)23(32)29(21)16(5)14-30/h8-9,15-21,30H,2-3,7,10-14H2,1,4-6H3/t15?,16-,17?,18+,19+,20+,21?,25?/m1/s1. The number of aliphatic hydroxyl groups excluding tert-OH is 1. The van der Waals surface area contributed by atoms with Crippen molar-refractivity contribution in [3.8, 4) is 0 Å². The molecule has 3 saturated heterocycles. The van der Waals surface area contributed by atoms with Crippen LogP contribution in [0.1, 0.15) is 40.0 Å². The maximum atomic E-state index is 14.2. The molecule has 3 aliphatic heterocycles. The fourth-order valence-electron chi connectivity index (χ4n) is 6.09. The van der Waals surface area contributed by atoms with E-state index in [0.717, 1.165) is 12.8 Å². The Balaban J connectivity index is 2.10. The van der Waals surface area contributed by atoms with E-state index in [1.807, 2.05) is 6.92 Å². The van der Waals surface area contributed by atoms with Crippen molar-refractivity contribution in [2.45, 2.75) is 74.7 Å². The fraction of sp³-hybridized carbons (Fsp3) is 0.720. The van der Waals surface area contributed by atoms with Crippen molar-refractivity contribution in [1.29, 1.82) is 0 Å². The minimum atomic E-state index is -1.13. The Hall–Kier alpha value is -1.71. The third kappa shape index (κ3) is 4.13. The lowest BCUT2D eigenvalue weighted by atomic mass is 9.70. The molecule has 1 spiro atoms. The molecule has 3 aliphatic rings. The maximum absolute atomic E-state index is 14.2. The van der Waals surface area contributed by atoms with E-state index in [4.69, 9.17) is 4.74 Å². The van der Waals surface area contributed by atoms with Gasteiger partial charge in [0.1, 0.15) is 11.6 Å². The van der Waals surface area contributed by atoms with Gasteiger partial charge in [0.05, 0.1) is 30.6 Å². The summed E-state index contributed by atoms with van der Waals surface area (Å²) in [6.45, 7) is 13.7. The second-order valence-corrected chi connectivity index (χ2v) is 11.0. The van der Waals surface area contributed by atoms with Crippen LogP contribution in [0.2, 0.25) is 0 Å². The van der Waals surface area contributed by atoms with Crippen molar-refractivity contribution in [3.05, 3.63) is 25.3 Å². The molecule has 8 atom stereocenters. The van der Waals surface area contributed by atoms with Crippen molar-refractivity contribution in [2.75, 3.05) is 26.7 Å². The number of ether oxygens (including phenoxy) is 1. The molecule has 0 aromatic rings. The summed E-state index contributed by atoms with van der Waals surface area (Å²) in [5.74, 6) is -2.19. The van der Waals surface area contributed by atoms with Crippen LogP contribution in [0.15, 0.2) is 25.3 Å². The van der Waals surface area contributed by atoms with Crippen molar-refractivity contribution in [3.63, 3.8) is 0 Å². The summed E-state index contributed by atoms with van der Waals surface area (Å²) in [5, 5.41) is 9.99. The van der Waals surface area contributed by atoms with Crippen molar-refractivity contribution < 1.29 is 24.2 Å². The highest BCUT2D eigenvalue weighted by Crippen LogP contribution is 2.60. The van der Waals surface area contributed by atoms with Crippen LogP contribution < -0.4 is 0 Å². The van der Waals surface area contributed by atoms with Gasteiger partial charge >= 0.3 is 0 Å². The van der Waals surface area contributed by atoms with Gasteiger partial charge < -0.3 is 24.5 Å². The van der Waals surface area contributed by atoms with E-state index in [9.17, 15) is 19.5 Å². The molecule has 3 rings (SSSR count). The minimum Gasteiger partial charge on any atom is -0.394 e. The molecule has 190 valence electrons. The number of fused-ring (bicyclic) bond motifs is 1. The predicted molar refractivity (Wildman–Crippen MR) is 133 cm³/mol. The Kier molecular flexibility index (Phi) is 8.30. The summed E-state index contributed by atoms with van der Waals surface area (Å²) in [7, 11) is 1.68. The molecule has 1 N–H and O–H groups in total. The molecule has 9 heteroatoms. The smallest absolute Gasteiger partial charge is 0.248 e. The number of hydrogen-bond donors (Lipinski definition) is 1. The number of carbonyl (C=O) groups excluding carboxylic acids is 3. The van der Waals surface area contributed by atoms with Crippen molar-refractivity contribution in [1.82, 2.24) is 14.7 Å². The average Bonchev–Trinajstić information content (AvgIpc) is 3.39. The molecule has 3 fully saturated rings. The molecule has 4 unspecified atom stereocenters. The Morgan fingerprint density at radius 3 is 2.50 bits per heavy atom. The van der Waals surface area contributed by atoms with E-state index >= 15 is 0 Å². The Morgan fingerprint density at radius 2 is 1.94 bits per heavy atom. The van der Waals surface area contributed by atoms with Crippen LogP contribution in [0.3, 0.4) is 0 Å². The van der Waals surface area contributed by atoms with Crippen LogP contribution in [-0.4, -0.2) is 98.9 Å². The van der Waals surface area contributed by atoms with Gasteiger partial charge in [0.25, 0.3) is 0 Å². The van der Waals surface area contributed by atoms with Gasteiger partial charge in [-0.1, -0.05) is 41.4 Å². The monoisotopic (exact) mass is 539 g/mol. The number of aliphatic hydroxyl groups is 1. The number of amides is 3. The number of likely N-dealkylation sites (N-methyl/N-ethyl adjacent to an activating group) is 1. The molecule has 0 saturated carbocycles. The molecule has 2 bridgehead atoms. The van der Waals surface area contributed by atoms with Gasteiger partial charge in [0.15, 0.2) is 0 Å². The first-order chi connectivity index (χ1) is 16.1. The van der Waals surface area contributed by atoms with E-state index in [1.54, 1.807) is 35.9 Å². The van der Waals surface area contributed by atoms with Gasteiger partial charge in [0, 0.05) is 31.0 Å². The second kappa shape index (κ2) is 10.5. The summed E-state index contributed by atoms with van der Waals surface area (Å²) in [5.41, 5.74) is -1.13. The topological polar surface area (TPSA) is 90.4 Å². The summed E-state index contributed by atoms with van der Waals surface area (Å²) >= 11 is 3.68. The Labute approximate surface area is 211 Å². The van der Waals surface area contributed by atoms with Gasteiger partial charge in [-0.3, -0.25) is 14.4 Å². The van der Waals surface area contributed by atoms with Gasteiger partial charge in [-0.05, 0) is 26.7 Å². The lowest BCUT2D eigenvalue weighted by molar-refractivity contribution is -0.152. The number of carbonyl (C=O) groups is 3. The predicted octanol–water partition coefficient (Wildman–Crippen LogP) is 1.96. The first-order valence-corrected chi connectivity index (χ1v) is 13.0. The first kappa shape index (κ1) is 26.9. The summed E-state index contributed by atoms with van der Waals surface area (Å²) in [4.78, 5) is 46.1. The zero-order chi connectivity index (χ0) is 25.4. The van der Waals surface area contributed by atoms with Gasteiger partial charge in [-0.25, -0.2) is 0 Å². The number of alkyl halides is 1. The van der Waals surface area contributed by atoms with Crippen molar-refractivity contribution in [2.24, 2.45) is 11.8 Å². The Bertz CT molecular complexity index is 837. The fourth-order valence-corrected chi connectivity index (χ4v) is 7.03. The van der Waals surface area contributed by atoms with Crippen LogP contribution in [0, 0.1) is 11.8 Å². The summed E-state index contributed by atoms with van der Waals surface area (Å²) < 4.78 is 6.52. The largest absolute Gasteiger partial charge is 0.394 e. The van der Waals surface area contributed by atoms with E-state index in [2.05, 4.69) is 36.0 Å². The molecular weight excluding hydrogens is 502 g/mol. The number of likely N-dealkylation sites (tertiary alicyclic amines) is 1. The van der Waals surface area contributed by atoms with E-state index in [1.165, 1.54) is 4.90 Å². The van der Waals surface area contributed by atoms with Gasteiger partial charge in [0.2, 0.25) is 17.7 Å². The third-order valence-electron chi connectivity index (χ3n) is 7.61. The highest BCUT2D eigenvalue weighted by Gasteiger charge is 2.77. The van der Waals surface area contributed by atoms with E-state index in [-0.39, 0.29) is 35.2 Å². The quantitative estimate of drug-likeness (QED) is 0.320. The van der Waals surface area contributed by atoms with Gasteiger partial charge in [-0.15, -0.1) is 13.2 Å². The first-order valence-electron chi connectivity index (χ1n) is 12.1. The third-order valence-corrected chi connectivity index (χ3v) is 8.46. The zero-order valence-corrected chi connectivity index (χ0v) is 22.2. The second-order valence-electron chi connectivity index (χ2n) is 9.87. The molecule has 34 heavy (non-hydrogen) atoms. The molecule has 0 aliphatic carbocycles. The number of hydrogen-bond acceptors (Lipinski definition) is 5. The van der Waals surface area contributed by atoms with Crippen LogP contribution in [-0.2, 0) is 19.1 Å². The molecule has 0 aromatic heterocycles. The Morgan fingerprint density at radius 1 is 1.29 bits per heavy atom. The van der Waals surface area contributed by atoms with Gasteiger partial charge in [-0.2, -0.15) is 0 Å². The van der Waals surface area contributed by atoms with Crippen LogP contribution >= 0.6 is 15.9 Å². The lowest BCUT2D eigenvalue weighted by Gasteiger charge is -2.40. The molecule has 3 heterocycles. The van der Waals surface area contributed by atoms with Crippen LogP contribution in [0.4, 0.5) is 0 Å². The summed E-state index contributed by atoms with van der Waals surface area (Å²) in [6.07, 6.45) is 4.98.